The van der Waals surface area contributed by atoms with E-state index in [4.69, 9.17) is 28.4 Å². The molecule has 0 amide bonds. The van der Waals surface area contributed by atoms with Gasteiger partial charge in [-0.05, 0) is 97.8 Å². The highest BCUT2D eigenvalue weighted by molar-refractivity contribution is 5.92. The molecule has 0 N–H and O–H groups in total. The summed E-state index contributed by atoms with van der Waals surface area (Å²) in [4.78, 5) is 49.4. The predicted molar refractivity (Wildman–Crippen MR) is 177 cm³/mol. The van der Waals surface area contributed by atoms with Gasteiger partial charge in [0.15, 0.2) is 12.2 Å². The number of hydrogen-bond donors (Lipinski definition) is 0. The maximum absolute atomic E-state index is 12.6. The lowest BCUT2D eigenvalue weighted by Crippen LogP contribution is -2.25. The number of rotatable bonds is 15. The van der Waals surface area contributed by atoms with Crippen molar-refractivity contribution in [1.29, 1.82) is 0 Å². The lowest BCUT2D eigenvalue weighted by molar-refractivity contribution is -0.146. The number of carbonyl (C=O) groups excluding carboxylic acids is 4. The van der Waals surface area contributed by atoms with E-state index in [0.29, 0.717) is 11.5 Å². The molecule has 0 fully saturated rings. The van der Waals surface area contributed by atoms with Gasteiger partial charge in [0.05, 0.1) is 24.3 Å². The van der Waals surface area contributed by atoms with Crippen molar-refractivity contribution in [3.05, 3.63) is 133 Å². The summed E-state index contributed by atoms with van der Waals surface area (Å²) < 4.78 is 32.0. The number of benzene rings is 4. The van der Waals surface area contributed by atoms with E-state index >= 15 is 0 Å². The topological polar surface area (TPSA) is 124 Å². The number of esters is 4. The van der Waals surface area contributed by atoms with E-state index in [2.05, 4.69) is 13.2 Å². The van der Waals surface area contributed by atoms with Gasteiger partial charge in [-0.15, -0.1) is 13.2 Å². The van der Waals surface area contributed by atoms with Gasteiger partial charge in [-0.1, -0.05) is 36.4 Å². The standard InChI is InChI=1S/C38H34O10/c1-5-23-43-25(3)35(39)45-31-19-11-29(12-20-31)37(41)47-33-15-7-27(8-16-33)28-9-17-34(18-10-28)48-38(42)30-13-21-32(22-14-30)46-36(40)26(4)44-24-6-2/h5-22,25-26H,1-2,23-24H2,3-4H3. The molecule has 246 valence electrons. The number of hydrogen-bond acceptors (Lipinski definition) is 10. The van der Waals surface area contributed by atoms with Crippen LogP contribution in [-0.4, -0.2) is 49.3 Å². The van der Waals surface area contributed by atoms with Crippen LogP contribution in [0.15, 0.2) is 122 Å². The molecule has 2 atom stereocenters. The first-order chi connectivity index (χ1) is 23.2. The molecular weight excluding hydrogens is 616 g/mol. The van der Waals surface area contributed by atoms with Crippen molar-refractivity contribution in [2.75, 3.05) is 13.2 Å². The molecule has 4 rings (SSSR count). The van der Waals surface area contributed by atoms with Gasteiger partial charge in [-0.2, -0.15) is 0 Å². The number of carbonyl (C=O) groups is 4. The van der Waals surface area contributed by atoms with Crippen LogP contribution < -0.4 is 18.9 Å². The summed E-state index contributed by atoms with van der Waals surface area (Å²) in [6, 6.07) is 25.8. The Kier molecular flexibility index (Phi) is 12.5. The molecule has 0 spiro atoms. The van der Waals surface area contributed by atoms with E-state index in [0.717, 1.165) is 11.1 Å². The molecule has 2 unspecified atom stereocenters. The van der Waals surface area contributed by atoms with Crippen molar-refractivity contribution in [3.8, 4) is 34.1 Å². The monoisotopic (exact) mass is 650 g/mol. The highest BCUT2D eigenvalue weighted by Gasteiger charge is 2.18. The van der Waals surface area contributed by atoms with E-state index in [-0.39, 0.29) is 35.8 Å². The molecule has 0 aliphatic heterocycles. The van der Waals surface area contributed by atoms with Gasteiger partial charge >= 0.3 is 23.9 Å². The fourth-order valence-electron chi connectivity index (χ4n) is 4.04. The normalized spacial score (nSPS) is 11.8. The lowest BCUT2D eigenvalue weighted by Gasteiger charge is -2.11. The maximum Gasteiger partial charge on any atom is 0.343 e. The first kappa shape index (κ1) is 35.0. The minimum absolute atomic E-state index is 0.222. The first-order valence-electron chi connectivity index (χ1n) is 14.9. The second-order valence-corrected chi connectivity index (χ2v) is 10.2. The van der Waals surface area contributed by atoms with Gasteiger partial charge < -0.3 is 28.4 Å². The fraction of sp³-hybridized carbons (Fsp3) is 0.158. The first-order valence-corrected chi connectivity index (χ1v) is 14.9. The third kappa shape index (κ3) is 10.1. The van der Waals surface area contributed by atoms with E-state index in [9.17, 15) is 19.2 Å². The van der Waals surface area contributed by atoms with Gasteiger partial charge in [-0.25, -0.2) is 19.2 Å². The molecule has 0 bridgehead atoms. The van der Waals surface area contributed by atoms with E-state index < -0.39 is 36.1 Å². The minimum Gasteiger partial charge on any atom is -0.425 e. The van der Waals surface area contributed by atoms with E-state index in [1.54, 1.807) is 62.4 Å². The summed E-state index contributed by atoms with van der Waals surface area (Å²) >= 11 is 0. The quantitative estimate of drug-likeness (QED) is 0.0772. The molecule has 48 heavy (non-hydrogen) atoms. The molecule has 10 heteroatoms. The molecule has 4 aromatic rings. The minimum atomic E-state index is -0.763. The Labute approximate surface area is 278 Å². The summed E-state index contributed by atoms with van der Waals surface area (Å²) in [6.07, 6.45) is 1.54. The third-order valence-electron chi connectivity index (χ3n) is 6.67. The molecule has 0 radical (unpaired) electrons. The van der Waals surface area contributed by atoms with Crippen LogP contribution in [0, 0.1) is 0 Å². The van der Waals surface area contributed by atoms with Crippen LogP contribution in [0.1, 0.15) is 34.6 Å². The third-order valence-corrected chi connectivity index (χ3v) is 6.67. The molecule has 10 nitrogen and oxygen atoms in total. The average molecular weight is 651 g/mol. The molecule has 0 aliphatic carbocycles. The Bertz CT molecular complexity index is 1590. The van der Waals surface area contributed by atoms with Crippen LogP contribution in [0.25, 0.3) is 11.1 Å². The van der Waals surface area contributed by atoms with E-state index in [1.807, 2.05) is 0 Å². The molecule has 4 aromatic carbocycles. The second kappa shape index (κ2) is 17.2. The van der Waals surface area contributed by atoms with Crippen molar-refractivity contribution >= 4 is 23.9 Å². The van der Waals surface area contributed by atoms with Crippen LogP contribution in [0.2, 0.25) is 0 Å². The summed E-state index contributed by atoms with van der Waals surface area (Å²) in [5, 5.41) is 0. The second-order valence-electron chi connectivity index (χ2n) is 10.2. The van der Waals surface area contributed by atoms with Gasteiger partial charge in [-0.3, -0.25) is 0 Å². The zero-order valence-corrected chi connectivity index (χ0v) is 26.5. The van der Waals surface area contributed by atoms with Crippen molar-refractivity contribution in [2.45, 2.75) is 26.1 Å². The van der Waals surface area contributed by atoms with Gasteiger partial charge in [0.25, 0.3) is 0 Å². The zero-order chi connectivity index (χ0) is 34.5. The largest absolute Gasteiger partial charge is 0.425 e. The Morgan fingerprint density at radius 3 is 1.10 bits per heavy atom. The van der Waals surface area contributed by atoms with Crippen molar-refractivity contribution in [2.24, 2.45) is 0 Å². The predicted octanol–water partition coefficient (Wildman–Crippen LogP) is 6.79. The summed E-state index contributed by atoms with van der Waals surface area (Å²) in [6.45, 7) is 10.7. The maximum atomic E-state index is 12.6. The fourth-order valence-corrected chi connectivity index (χ4v) is 4.04. The Morgan fingerprint density at radius 1 is 0.500 bits per heavy atom. The Balaban J connectivity index is 1.27. The smallest absolute Gasteiger partial charge is 0.343 e. The lowest BCUT2D eigenvalue weighted by atomic mass is 10.1. The van der Waals surface area contributed by atoms with Crippen molar-refractivity contribution in [1.82, 2.24) is 0 Å². The molecule has 0 aliphatic rings. The van der Waals surface area contributed by atoms with Crippen LogP contribution >= 0.6 is 0 Å². The SMILES string of the molecule is C=CCOC(C)C(=O)Oc1ccc(C(=O)Oc2ccc(-c3ccc(OC(=O)c4ccc(OC(=O)C(C)OCC=C)cc4)cc3)cc2)cc1. The van der Waals surface area contributed by atoms with Crippen LogP contribution in [0.5, 0.6) is 23.0 Å². The summed E-state index contributed by atoms with van der Waals surface area (Å²) in [5.74, 6) is -1.05. The van der Waals surface area contributed by atoms with Crippen LogP contribution in [0.4, 0.5) is 0 Å². The highest BCUT2D eigenvalue weighted by atomic mass is 16.6. The number of ether oxygens (including phenoxy) is 6. The molecule has 0 saturated heterocycles. The summed E-state index contributed by atoms with van der Waals surface area (Å²) in [5.41, 5.74) is 2.25. The van der Waals surface area contributed by atoms with E-state index in [1.165, 1.54) is 60.7 Å². The van der Waals surface area contributed by atoms with Gasteiger partial charge in [0, 0.05) is 0 Å². The van der Waals surface area contributed by atoms with Crippen molar-refractivity contribution in [3.63, 3.8) is 0 Å². The Morgan fingerprint density at radius 2 is 0.792 bits per heavy atom. The molecule has 0 aromatic heterocycles. The molecular formula is C38H34O10. The highest BCUT2D eigenvalue weighted by Crippen LogP contribution is 2.26. The van der Waals surface area contributed by atoms with Crippen molar-refractivity contribution < 1.29 is 47.6 Å². The van der Waals surface area contributed by atoms with Gasteiger partial charge in [0.1, 0.15) is 23.0 Å². The zero-order valence-electron chi connectivity index (χ0n) is 26.5. The molecule has 0 saturated carbocycles. The molecule has 0 heterocycles. The van der Waals surface area contributed by atoms with Crippen LogP contribution in [0.3, 0.4) is 0 Å². The average Bonchev–Trinajstić information content (AvgIpc) is 3.10. The van der Waals surface area contributed by atoms with Crippen LogP contribution in [-0.2, 0) is 19.1 Å². The Hall–Kier alpha value is -5.84. The van der Waals surface area contributed by atoms with Gasteiger partial charge in [0.2, 0.25) is 0 Å². The summed E-state index contributed by atoms with van der Waals surface area (Å²) in [7, 11) is 0.